The SMILES string of the molecule is COC(=O)C(O)C1CCN(Cc2cnn(-c3ccc(F)cc3)c2)CC1. The number of hydrogen-bond donors (Lipinski definition) is 1. The van der Waals surface area contributed by atoms with Crippen LogP contribution < -0.4 is 0 Å². The molecule has 0 amide bonds. The Morgan fingerprint density at radius 3 is 2.68 bits per heavy atom. The highest BCUT2D eigenvalue weighted by atomic mass is 19.1. The van der Waals surface area contributed by atoms with Crippen LogP contribution in [0, 0.1) is 11.7 Å². The second-order valence-electron chi connectivity index (χ2n) is 6.35. The number of hydrogen-bond acceptors (Lipinski definition) is 5. The molecular formula is C18H22FN3O3. The number of methoxy groups -OCH3 is 1. The van der Waals surface area contributed by atoms with Gasteiger partial charge in [-0.2, -0.15) is 5.10 Å². The van der Waals surface area contributed by atoms with Gasteiger partial charge in [-0.25, -0.2) is 13.9 Å². The second kappa shape index (κ2) is 7.76. The molecule has 2 aromatic rings. The van der Waals surface area contributed by atoms with Crippen LogP contribution in [0.25, 0.3) is 5.69 Å². The number of aliphatic hydroxyl groups is 1. The molecule has 1 unspecified atom stereocenters. The van der Waals surface area contributed by atoms with E-state index >= 15 is 0 Å². The van der Waals surface area contributed by atoms with Gasteiger partial charge in [0, 0.05) is 18.3 Å². The molecule has 1 aliphatic heterocycles. The van der Waals surface area contributed by atoms with Gasteiger partial charge in [0.25, 0.3) is 0 Å². The lowest BCUT2D eigenvalue weighted by Crippen LogP contribution is -2.40. The van der Waals surface area contributed by atoms with Gasteiger partial charge in [-0.3, -0.25) is 4.90 Å². The first-order valence-electron chi connectivity index (χ1n) is 8.34. The normalized spacial score (nSPS) is 17.4. The predicted molar refractivity (Wildman–Crippen MR) is 89.5 cm³/mol. The summed E-state index contributed by atoms with van der Waals surface area (Å²) in [6.45, 7) is 2.36. The molecule has 134 valence electrons. The number of piperidine rings is 1. The maximum Gasteiger partial charge on any atom is 0.334 e. The topological polar surface area (TPSA) is 67.6 Å². The molecule has 1 aromatic heterocycles. The van der Waals surface area contributed by atoms with E-state index in [1.165, 1.54) is 19.2 Å². The summed E-state index contributed by atoms with van der Waals surface area (Å²) in [5.74, 6) is -0.877. The smallest absolute Gasteiger partial charge is 0.334 e. The molecule has 0 saturated carbocycles. The van der Waals surface area contributed by atoms with Crippen LogP contribution in [-0.2, 0) is 16.1 Å². The second-order valence-corrected chi connectivity index (χ2v) is 6.35. The average Bonchev–Trinajstić information content (AvgIpc) is 3.10. The molecular weight excluding hydrogens is 325 g/mol. The van der Waals surface area contributed by atoms with Crippen LogP contribution in [0.5, 0.6) is 0 Å². The van der Waals surface area contributed by atoms with Gasteiger partial charge < -0.3 is 9.84 Å². The fraction of sp³-hybridized carbons (Fsp3) is 0.444. The van der Waals surface area contributed by atoms with Crippen LogP contribution in [-0.4, -0.2) is 52.1 Å². The van der Waals surface area contributed by atoms with Crippen LogP contribution >= 0.6 is 0 Å². The van der Waals surface area contributed by atoms with Crippen molar-refractivity contribution >= 4 is 5.97 Å². The molecule has 7 heteroatoms. The van der Waals surface area contributed by atoms with Crippen LogP contribution in [0.3, 0.4) is 0 Å². The van der Waals surface area contributed by atoms with E-state index in [-0.39, 0.29) is 11.7 Å². The van der Waals surface area contributed by atoms with Crippen molar-refractivity contribution in [1.82, 2.24) is 14.7 Å². The Morgan fingerprint density at radius 2 is 2.04 bits per heavy atom. The van der Waals surface area contributed by atoms with Gasteiger partial charge in [0.05, 0.1) is 19.0 Å². The van der Waals surface area contributed by atoms with Crippen molar-refractivity contribution in [3.8, 4) is 5.69 Å². The van der Waals surface area contributed by atoms with Gasteiger partial charge in [0.15, 0.2) is 6.10 Å². The van der Waals surface area contributed by atoms with Crippen molar-refractivity contribution in [3.63, 3.8) is 0 Å². The molecule has 1 atom stereocenters. The third-order valence-corrected chi connectivity index (χ3v) is 4.65. The van der Waals surface area contributed by atoms with Gasteiger partial charge >= 0.3 is 5.97 Å². The van der Waals surface area contributed by atoms with E-state index in [0.29, 0.717) is 0 Å². The summed E-state index contributed by atoms with van der Waals surface area (Å²) in [5.41, 5.74) is 1.88. The third kappa shape index (κ3) is 4.24. The Labute approximate surface area is 145 Å². The number of carbonyl (C=O) groups excluding carboxylic acids is 1. The lowest BCUT2D eigenvalue weighted by atomic mass is 9.91. The highest BCUT2D eigenvalue weighted by Crippen LogP contribution is 2.23. The van der Waals surface area contributed by atoms with E-state index in [2.05, 4.69) is 14.7 Å². The predicted octanol–water partition coefficient (Wildman–Crippen LogP) is 1.76. The summed E-state index contributed by atoms with van der Waals surface area (Å²) in [6, 6.07) is 6.19. The van der Waals surface area contributed by atoms with Crippen molar-refractivity contribution in [2.24, 2.45) is 5.92 Å². The molecule has 0 spiro atoms. The highest BCUT2D eigenvalue weighted by molar-refractivity contribution is 5.74. The van der Waals surface area contributed by atoms with Crippen LogP contribution in [0.4, 0.5) is 4.39 Å². The minimum absolute atomic E-state index is 0.0503. The van der Waals surface area contributed by atoms with Crippen LogP contribution in [0.1, 0.15) is 18.4 Å². The minimum Gasteiger partial charge on any atom is -0.467 e. The Morgan fingerprint density at radius 1 is 1.36 bits per heavy atom. The standard InChI is InChI=1S/C18H22FN3O3/c1-25-18(24)17(23)14-6-8-21(9-7-14)11-13-10-20-22(12-13)16-4-2-15(19)3-5-16/h2-5,10,12,14,17,23H,6-9,11H2,1H3. The third-order valence-electron chi connectivity index (χ3n) is 4.65. The van der Waals surface area contributed by atoms with Crippen molar-refractivity contribution in [1.29, 1.82) is 0 Å². The largest absolute Gasteiger partial charge is 0.467 e. The Bertz CT molecular complexity index is 709. The number of esters is 1. The summed E-state index contributed by atoms with van der Waals surface area (Å²) in [5, 5.41) is 14.3. The number of benzene rings is 1. The molecule has 2 heterocycles. The molecule has 0 bridgehead atoms. The van der Waals surface area contributed by atoms with Crippen LogP contribution in [0.2, 0.25) is 0 Å². The van der Waals surface area contributed by atoms with E-state index < -0.39 is 12.1 Å². The van der Waals surface area contributed by atoms with Crippen molar-refractivity contribution in [2.45, 2.75) is 25.5 Å². The van der Waals surface area contributed by atoms with E-state index in [1.807, 2.05) is 6.20 Å². The van der Waals surface area contributed by atoms with Crippen LogP contribution in [0.15, 0.2) is 36.7 Å². The molecule has 6 nitrogen and oxygen atoms in total. The minimum atomic E-state index is -1.03. The summed E-state index contributed by atoms with van der Waals surface area (Å²) >= 11 is 0. The maximum atomic E-state index is 13.0. The highest BCUT2D eigenvalue weighted by Gasteiger charge is 2.30. The fourth-order valence-corrected chi connectivity index (χ4v) is 3.17. The molecule has 3 rings (SSSR count). The van der Waals surface area contributed by atoms with E-state index in [0.717, 1.165) is 43.7 Å². The number of ether oxygens (including phenoxy) is 1. The number of nitrogens with zero attached hydrogens (tertiary/aromatic N) is 3. The molecule has 1 saturated heterocycles. The molecule has 25 heavy (non-hydrogen) atoms. The Kier molecular flexibility index (Phi) is 5.45. The quantitative estimate of drug-likeness (QED) is 0.835. The van der Waals surface area contributed by atoms with E-state index in [9.17, 15) is 14.3 Å². The number of aromatic nitrogens is 2. The first-order valence-corrected chi connectivity index (χ1v) is 8.34. The fourth-order valence-electron chi connectivity index (χ4n) is 3.17. The first-order chi connectivity index (χ1) is 12.1. The summed E-state index contributed by atoms with van der Waals surface area (Å²) in [6.07, 6.45) is 4.21. The summed E-state index contributed by atoms with van der Waals surface area (Å²) < 4.78 is 19.3. The number of likely N-dealkylation sites (tertiary alicyclic amines) is 1. The molecule has 0 radical (unpaired) electrons. The average molecular weight is 347 g/mol. The lowest BCUT2D eigenvalue weighted by molar-refractivity contribution is -0.154. The van der Waals surface area contributed by atoms with Gasteiger partial charge in [0.2, 0.25) is 0 Å². The zero-order valence-corrected chi connectivity index (χ0v) is 14.1. The van der Waals surface area contributed by atoms with Gasteiger partial charge in [-0.05, 0) is 56.1 Å². The summed E-state index contributed by atoms with van der Waals surface area (Å²) in [7, 11) is 1.29. The Hall–Kier alpha value is -2.25. The molecule has 1 aliphatic rings. The van der Waals surface area contributed by atoms with Crippen molar-refractivity contribution in [3.05, 3.63) is 48.0 Å². The van der Waals surface area contributed by atoms with Gasteiger partial charge in [-0.15, -0.1) is 0 Å². The molecule has 1 N–H and O–H groups in total. The number of aliphatic hydroxyl groups excluding tert-OH is 1. The molecule has 1 fully saturated rings. The van der Waals surface area contributed by atoms with E-state index in [1.54, 1.807) is 23.0 Å². The molecule has 0 aliphatic carbocycles. The zero-order valence-electron chi connectivity index (χ0n) is 14.1. The number of carbonyl (C=O) groups is 1. The summed E-state index contributed by atoms with van der Waals surface area (Å²) in [4.78, 5) is 13.7. The number of halogens is 1. The van der Waals surface area contributed by atoms with Crippen molar-refractivity contribution < 1.29 is 19.0 Å². The maximum absolute atomic E-state index is 13.0. The molecule has 1 aromatic carbocycles. The monoisotopic (exact) mass is 347 g/mol. The first kappa shape index (κ1) is 17.6. The van der Waals surface area contributed by atoms with E-state index in [4.69, 9.17) is 0 Å². The number of rotatable bonds is 5. The zero-order chi connectivity index (χ0) is 17.8. The Balaban J connectivity index is 1.54. The van der Waals surface area contributed by atoms with Crippen molar-refractivity contribution in [2.75, 3.05) is 20.2 Å². The van der Waals surface area contributed by atoms with Gasteiger partial charge in [0.1, 0.15) is 5.82 Å². The lowest BCUT2D eigenvalue weighted by Gasteiger charge is -2.33. The van der Waals surface area contributed by atoms with Gasteiger partial charge in [-0.1, -0.05) is 0 Å².